The zero-order valence-electron chi connectivity index (χ0n) is 10.5. The Morgan fingerprint density at radius 2 is 2.26 bits per heavy atom. The topological polar surface area (TPSA) is 69.2 Å². The van der Waals surface area contributed by atoms with E-state index in [0.717, 1.165) is 25.1 Å². The third-order valence-electron chi connectivity index (χ3n) is 3.42. The number of carbonyl (C=O) groups is 1. The Hall–Kier alpha value is -2.30. The minimum absolute atomic E-state index is 0.0697. The number of aromatic nitrogens is 2. The number of benzene rings is 1. The Morgan fingerprint density at radius 1 is 1.42 bits per heavy atom. The molecule has 0 aliphatic carbocycles. The van der Waals surface area contributed by atoms with Gasteiger partial charge in [0, 0.05) is 12.2 Å². The van der Waals surface area contributed by atoms with Gasteiger partial charge in [0.05, 0.1) is 12.2 Å². The summed E-state index contributed by atoms with van der Waals surface area (Å²) in [5.74, 6) is -0.999. The lowest BCUT2D eigenvalue weighted by molar-refractivity contribution is 0.0690. The van der Waals surface area contributed by atoms with Crippen LogP contribution in [-0.4, -0.2) is 27.8 Å². The van der Waals surface area contributed by atoms with Crippen molar-refractivity contribution >= 4 is 11.7 Å². The molecule has 3 rings (SSSR count). The highest BCUT2D eigenvalue weighted by molar-refractivity contribution is 5.85. The summed E-state index contributed by atoms with van der Waals surface area (Å²) in [5.41, 5.74) is 3.49. The van der Waals surface area contributed by atoms with Crippen molar-refractivity contribution in [3.8, 4) is 0 Å². The van der Waals surface area contributed by atoms with Crippen LogP contribution in [0, 0.1) is 0 Å². The maximum Gasteiger partial charge on any atom is 0.356 e. The summed E-state index contributed by atoms with van der Waals surface area (Å²) in [5, 5.41) is 15.4. The van der Waals surface area contributed by atoms with E-state index in [4.69, 9.17) is 5.11 Å². The maximum absolute atomic E-state index is 10.8. The molecule has 2 aromatic rings. The first-order chi connectivity index (χ1) is 9.24. The summed E-state index contributed by atoms with van der Waals surface area (Å²) in [6, 6.07) is 9.95. The molecule has 0 saturated carbocycles. The fourth-order valence-corrected chi connectivity index (χ4v) is 2.53. The second kappa shape index (κ2) is 4.76. The molecule has 2 heterocycles. The minimum Gasteiger partial charge on any atom is -0.476 e. The highest BCUT2D eigenvalue weighted by Crippen LogP contribution is 2.27. The minimum atomic E-state index is -0.999. The van der Waals surface area contributed by atoms with Gasteiger partial charge < -0.3 is 10.0 Å². The molecule has 5 nitrogen and oxygen atoms in total. The van der Waals surface area contributed by atoms with Crippen LogP contribution in [0.1, 0.15) is 28.2 Å². The number of H-pyrrole nitrogens is 1. The third-order valence-corrected chi connectivity index (χ3v) is 3.42. The van der Waals surface area contributed by atoms with Gasteiger partial charge in [0.2, 0.25) is 0 Å². The molecule has 0 amide bonds. The normalized spacial score (nSPS) is 14.2. The Labute approximate surface area is 110 Å². The monoisotopic (exact) mass is 257 g/mol. The van der Waals surface area contributed by atoms with Crippen molar-refractivity contribution < 1.29 is 9.90 Å². The molecule has 1 aliphatic heterocycles. The summed E-state index contributed by atoms with van der Waals surface area (Å²) in [7, 11) is 0. The van der Waals surface area contributed by atoms with Crippen molar-refractivity contribution in [2.24, 2.45) is 0 Å². The zero-order chi connectivity index (χ0) is 13.2. The SMILES string of the molecule is O=C(O)c1cc(CN2CCCc3ccccc32)[nH]n1. The smallest absolute Gasteiger partial charge is 0.356 e. The molecule has 19 heavy (non-hydrogen) atoms. The van der Waals surface area contributed by atoms with E-state index in [0.29, 0.717) is 6.54 Å². The number of fused-ring (bicyclic) bond motifs is 1. The summed E-state index contributed by atoms with van der Waals surface area (Å²) in [6.45, 7) is 1.65. The Morgan fingerprint density at radius 3 is 3.05 bits per heavy atom. The van der Waals surface area contributed by atoms with E-state index in [1.807, 2.05) is 6.07 Å². The third kappa shape index (κ3) is 2.31. The molecule has 0 unspecified atom stereocenters. The van der Waals surface area contributed by atoms with Crippen molar-refractivity contribution in [1.29, 1.82) is 0 Å². The number of aromatic amines is 1. The summed E-state index contributed by atoms with van der Waals surface area (Å²) < 4.78 is 0. The Kier molecular flexibility index (Phi) is 2.95. The highest BCUT2D eigenvalue weighted by Gasteiger charge is 2.17. The van der Waals surface area contributed by atoms with E-state index >= 15 is 0 Å². The number of carboxylic acids is 1. The molecule has 0 fully saturated rings. The number of aromatic carboxylic acids is 1. The fourth-order valence-electron chi connectivity index (χ4n) is 2.53. The van der Waals surface area contributed by atoms with Gasteiger partial charge in [-0.05, 0) is 30.5 Å². The number of carboxylic acid groups (broad SMARTS) is 1. The van der Waals surface area contributed by atoms with Crippen LogP contribution in [-0.2, 0) is 13.0 Å². The van der Waals surface area contributed by atoms with Crippen LogP contribution in [0.25, 0.3) is 0 Å². The van der Waals surface area contributed by atoms with Gasteiger partial charge in [0.15, 0.2) is 5.69 Å². The number of nitrogens with one attached hydrogen (secondary N) is 1. The van der Waals surface area contributed by atoms with Gasteiger partial charge in [-0.3, -0.25) is 5.10 Å². The van der Waals surface area contributed by atoms with E-state index in [2.05, 4.69) is 33.3 Å². The lowest BCUT2D eigenvalue weighted by Gasteiger charge is -2.30. The van der Waals surface area contributed by atoms with E-state index in [1.54, 1.807) is 6.07 Å². The lowest BCUT2D eigenvalue weighted by atomic mass is 10.0. The van der Waals surface area contributed by atoms with E-state index in [-0.39, 0.29) is 5.69 Å². The van der Waals surface area contributed by atoms with Gasteiger partial charge in [0.25, 0.3) is 0 Å². The Bertz CT molecular complexity index is 606. The van der Waals surface area contributed by atoms with Crippen LogP contribution < -0.4 is 4.90 Å². The number of nitrogens with zero attached hydrogens (tertiary/aromatic N) is 2. The van der Waals surface area contributed by atoms with Crippen LogP contribution in [0.4, 0.5) is 5.69 Å². The van der Waals surface area contributed by atoms with Gasteiger partial charge in [0.1, 0.15) is 0 Å². The number of anilines is 1. The van der Waals surface area contributed by atoms with Crippen molar-refractivity contribution in [3.63, 3.8) is 0 Å². The van der Waals surface area contributed by atoms with Crippen molar-refractivity contribution in [2.45, 2.75) is 19.4 Å². The molecule has 0 radical (unpaired) electrons. The first kappa shape index (κ1) is 11.8. The van der Waals surface area contributed by atoms with Crippen LogP contribution in [0.15, 0.2) is 30.3 Å². The molecular formula is C14H15N3O2. The molecule has 1 aliphatic rings. The van der Waals surface area contributed by atoms with E-state index in [9.17, 15) is 4.79 Å². The standard InChI is InChI=1S/C14H15N3O2/c18-14(19)12-8-11(15-16-12)9-17-7-3-5-10-4-1-2-6-13(10)17/h1-2,4,6,8H,3,5,7,9H2,(H,15,16)(H,18,19). The predicted molar refractivity (Wildman–Crippen MR) is 71.4 cm³/mol. The van der Waals surface area contributed by atoms with Crippen LogP contribution >= 0.6 is 0 Å². The van der Waals surface area contributed by atoms with Gasteiger partial charge >= 0.3 is 5.97 Å². The molecule has 1 aromatic carbocycles. The van der Waals surface area contributed by atoms with Crippen LogP contribution in [0.5, 0.6) is 0 Å². The first-order valence-corrected chi connectivity index (χ1v) is 6.34. The summed E-state index contributed by atoms with van der Waals surface area (Å²) in [6.07, 6.45) is 2.23. The molecule has 0 bridgehead atoms. The zero-order valence-corrected chi connectivity index (χ0v) is 10.5. The second-order valence-electron chi connectivity index (χ2n) is 4.74. The van der Waals surface area contributed by atoms with Crippen molar-refractivity contribution in [2.75, 3.05) is 11.4 Å². The number of aryl methyl sites for hydroxylation is 1. The first-order valence-electron chi connectivity index (χ1n) is 6.34. The second-order valence-corrected chi connectivity index (χ2v) is 4.74. The predicted octanol–water partition coefficient (Wildman–Crippen LogP) is 2.06. The molecule has 0 atom stereocenters. The molecular weight excluding hydrogens is 242 g/mol. The Balaban J connectivity index is 1.82. The molecule has 0 spiro atoms. The average Bonchev–Trinajstić information content (AvgIpc) is 2.88. The lowest BCUT2D eigenvalue weighted by Crippen LogP contribution is -2.28. The number of rotatable bonds is 3. The summed E-state index contributed by atoms with van der Waals surface area (Å²) >= 11 is 0. The van der Waals surface area contributed by atoms with Gasteiger partial charge in [-0.1, -0.05) is 18.2 Å². The molecule has 5 heteroatoms. The van der Waals surface area contributed by atoms with Gasteiger partial charge in [-0.25, -0.2) is 4.79 Å². The van der Waals surface area contributed by atoms with E-state index in [1.165, 1.54) is 11.3 Å². The highest BCUT2D eigenvalue weighted by atomic mass is 16.4. The number of para-hydroxylation sites is 1. The largest absolute Gasteiger partial charge is 0.476 e. The molecule has 2 N–H and O–H groups in total. The quantitative estimate of drug-likeness (QED) is 0.883. The van der Waals surface area contributed by atoms with Gasteiger partial charge in [-0.15, -0.1) is 0 Å². The van der Waals surface area contributed by atoms with Crippen molar-refractivity contribution in [1.82, 2.24) is 10.2 Å². The van der Waals surface area contributed by atoms with Crippen LogP contribution in [0.2, 0.25) is 0 Å². The van der Waals surface area contributed by atoms with Crippen LogP contribution in [0.3, 0.4) is 0 Å². The molecule has 0 saturated heterocycles. The fraction of sp³-hybridized carbons (Fsp3) is 0.286. The van der Waals surface area contributed by atoms with E-state index < -0.39 is 5.97 Å². The average molecular weight is 257 g/mol. The van der Waals surface area contributed by atoms with Crippen molar-refractivity contribution in [3.05, 3.63) is 47.3 Å². The molecule has 1 aromatic heterocycles. The molecule has 98 valence electrons. The number of hydrogen-bond donors (Lipinski definition) is 2. The number of hydrogen-bond acceptors (Lipinski definition) is 3. The maximum atomic E-state index is 10.8. The van der Waals surface area contributed by atoms with Gasteiger partial charge in [-0.2, -0.15) is 5.10 Å². The summed E-state index contributed by atoms with van der Waals surface area (Å²) in [4.78, 5) is 13.1.